The van der Waals surface area contributed by atoms with E-state index in [1.807, 2.05) is 19.9 Å². The second-order valence-corrected chi connectivity index (χ2v) is 6.58. The smallest absolute Gasteiger partial charge is 0.181 e. The highest BCUT2D eigenvalue weighted by molar-refractivity contribution is 6.07. The SMILES string of the molecule is COc1cc2c(c(O)c1CC=C(C)C)C(=O)[C@H](c1ccc(O)cc1)CO2. The summed E-state index contributed by atoms with van der Waals surface area (Å²) in [5.74, 6) is 0.143. The zero-order valence-electron chi connectivity index (χ0n) is 15.1. The number of hydrogen-bond acceptors (Lipinski definition) is 5. The number of carbonyl (C=O) groups excluding carboxylic acids is 1. The molecule has 0 radical (unpaired) electrons. The molecule has 5 nitrogen and oxygen atoms in total. The van der Waals surface area contributed by atoms with Crippen LogP contribution in [0.3, 0.4) is 0 Å². The van der Waals surface area contributed by atoms with Crippen molar-refractivity contribution in [2.24, 2.45) is 0 Å². The molecule has 2 N–H and O–H groups in total. The number of fused-ring (bicyclic) bond motifs is 1. The molecular formula is C21H22O5. The topological polar surface area (TPSA) is 76.0 Å². The minimum absolute atomic E-state index is 0.0923. The maximum Gasteiger partial charge on any atom is 0.181 e. The van der Waals surface area contributed by atoms with Crippen molar-refractivity contribution in [3.05, 3.63) is 58.7 Å². The molecule has 2 aromatic carbocycles. The molecule has 136 valence electrons. The van der Waals surface area contributed by atoms with Gasteiger partial charge in [0.2, 0.25) is 0 Å². The van der Waals surface area contributed by atoms with Crippen molar-refractivity contribution in [3.8, 4) is 23.0 Å². The van der Waals surface area contributed by atoms with Crippen molar-refractivity contribution in [3.63, 3.8) is 0 Å². The molecular weight excluding hydrogens is 332 g/mol. The van der Waals surface area contributed by atoms with E-state index < -0.39 is 5.92 Å². The number of benzene rings is 2. The van der Waals surface area contributed by atoms with Gasteiger partial charge in [0.25, 0.3) is 0 Å². The van der Waals surface area contributed by atoms with Crippen molar-refractivity contribution in [1.82, 2.24) is 0 Å². The second kappa shape index (κ2) is 7.12. The molecule has 1 aliphatic rings. The van der Waals surface area contributed by atoms with Crippen molar-refractivity contribution in [2.75, 3.05) is 13.7 Å². The van der Waals surface area contributed by atoms with E-state index in [1.54, 1.807) is 18.2 Å². The van der Waals surface area contributed by atoms with Gasteiger partial charge in [0.05, 0.1) is 13.0 Å². The first kappa shape index (κ1) is 17.9. The molecule has 1 atom stereocenters. The van der Waals surface area contributed by atoms with Crippen molar-refractivity contribution >= 4 is 5.78 Å². The number of Topliss-reactive ketones (excluding diaryl/α,β-unsaturated/α-hetero) is 1. The van der Waals surface area contributed by atoms with E-state index >= 15 is 0 Å². The van der Waals surface area contributed by atoms with Crippen LogP contribution in [-0.4, -0.2) is 29.7 Å². The Morgan fingerprint density at radius 3 is 2.58 bits per heavy atom. The van der Waals surface area contributed by atoms with Crippen LogP contribution in [0.15, 0.2) is 42.0 Å². The summed E-state index contributed by atoms with van der Waals surface area (Å²) in [4.78, 5) is 13.1. The molecule has 0 fully saturated rings. The van der Waals surface area contributed by atoms with Gasteiger partial charge in [0.1, 0.15) is 35.2 Å². The number of hydrogen-bond donors (Lipinski definition) is 2. The number of rotatable bonds is 4. The molecule has 0 saturated heterocycles. The zero-order chi connectivity index (χ0) is 18.8. The van der Waals surface area contributed by atoms with Gasteiger partial charge < -0.3 is 19.7 Å². The number of phenols is 2. The second-order valence-electron chi connectivity index (χ2n) is 6.58. The number of carbonyl (C=O) groups is 1. The average Bonchev–Trinajstić information content (AvgIpc) is 2.61. The van der Waals surface area contributed by atoms with Crippen LogP contribution in [0.2, 0.25) is 0 Å². The third-order valence-corrected chi connectivity index (χ3v) is 4.53. The predicted molar refractivity (Wildman–Crippen MR) is 98.5 cm³/mol. The Kier molecular flexibility index (Phi) is 4.89. The lowest BCUT2D eigenvalue weighted by Crippen LogP contribution is -2.26. The summed E-state index contributed by atoms with van der Waals surface area (Å²) in [6.45, 7) is 4.11. The van der Waals surface area contributed by atoms with E-state index in [0.29, 0.717) is 23.5 Å². The Morgan fingerprint density at radius 2 is 1.96 bits per heavy atom. The molecule has 0 bridgehead atoms. The van der Waals surface area contributed by atoms with Crippen molar-refractivity contribution in [2.45, 2.75) is 26.2 Å². The fraction of sp³-hybridized carbons (Fsp3) is 0.286. The molecule has 0 spiro atoms. The Morgan fingerprint density at radius 1 is 1.27 bits per heavy atom. The molecule has 1 aliphatic heterocycles. The Hall–Kier alpha value is -2.95. The largest absolute Gasteiger partial charge is 0.508 e. The highest BCUT2D eigenvalue weighted by atomic mass is 16.5. The third-order valence-electron chi connectivity index (χ3n) is 4.53. The van der Waals surface area contributed by atoms with Crippen LogP contribution in [0.5, 0.6) is 23.0 Å². The summed E-state index contributed by atoms with van der Waals surface area (Å²) < 4.78 is 11.1. The van der Waals surface area contributed by atoms with Crippen LogP contribution in [-0.2, 0) is 6.42 Å². The lowest BCUT2D eigenvalue weighted by Gasteiger charge is -2.26. The average molecular weight is 354 g/mol. The van der Waals surface area contributed by atoms with Gasteiger partial charge in [-0.2, -0.15) is 0 Å². The number of allylic oxidation sites excluding steroid dienone is 2. The number of ketones is 1. The fourth-order valence-electron chi connectivity index (χ4n) is 3.08. The molecule has 0 saturated carbocycles. The molecule has 0 amide bonds. The lowest BCUT2D eigenvalue weighted by atomic mass is 9.87. The lowest BCUT2D eigenvalue weighted by molar-refractivity contribution is 0.0891. The summed E-state index contributed by atoms with van der Waals surface area (Å²) in [5, 5.41) is 20.2. The summed E-state index contributed by atoms with van der Waals surface area (Å²) in [6.07, 6.45) is 2.43. The molecule has 5 heteroatoms. The molecule has 3 rings (SSSR count). The molecule has 26 heavy (non-hydrogen) atoms. The summed E-state index contributed by atoms with van der Waals surface area (Å²) in [7, 11) is 1.52. The monoisotopic (exact) mass is 354 g/mol. The van der Waals surface area contributed by atoms with Gasteiger partial charge in [0, 0.05) is 11.6 Å². The number of phenolic OH excluding ortho intramolecular Hbond substituents is 2. The Bertz CT molecular complexity index is 861. The quantitative estimate of drug-likeness (QED) is 0.813. The van der Waals surface area contributed by atoms with Crippen LogP contribution in [0.4, 0.5) is 0 Å². The van der Waals surface area contributed by atoms with Crippen LogP contribution in [0.25, 0.3) is 0 Å². The third kappa shape index (κ3) is 3.25. The Balaban J connectivity index is 2.05. The first-order chi connectivity index (χ1) is 12.4. The molecule has 0 aliphatic carbocycles. The predicted octanol–water partition coefficient (Wildman–Crippen LogP) is 3.97. The minimum Gasteiger partial charge on any atom is -0.508 e. The van der Waals surface area contributed by atoms with Crippen LogP contribution >= 0.6 is 0 Å². The van der Waals surface area contributed by atoms with E-state index in [2.05, 4.69) is 0 Å². The molecule has 0 aromatic heterocycles. The highest BCUT2D eigenvalue weighted by Crippen LogP contribution is 2.44. The maximum atomic E-state index is 13.1. The number of ether oxygens (including phenoxy) is 2. The molecule has 0 unspecified atom stereocenters. The summed E-state index contributed by atoms with van der Waals surface area (Å²) >= 11 is 0. The van der Waals surface area contributed by atoms with Gasteiger partial charge >= 0.3 is 0 Å². The minimum atomic E-state index is -0.529. The van der Waals surface area contributed by atoms with Gasteiger partial charge in [-0.15, -0.1) is 0 Å². The van der Waals surface area contributed by atoms with Gasteiger partial charge in [-0.05, 0) is 38.0 Å². The van der Waals surface area contributed by atoms with Gasteiger partial charge in [-0.25, -0.2) is 0 Å². The molecule has 1 heterocycles. The van der Waals surface area contributed by atoms with E-state index in [4.69, 9.17) is 9.47 Å². The summed E-state index contributed by atoms with van der Waals surface area (Å²) in [5.41, 5.74) is 2.59. The summed E-state index contributed by atoms with van der Waals surface area (Å²) in [6, 6.07) is 8.11. The van der Waals surface area contributed by atoms with Crippen LogP contribution < -0.4 is 9.47 Å². The maximum absolute atomic E-state index is 13.1. The van der Waals surface area contributed by atoms with Crippen molar-refractivity contribution < 1.29 is 24.5 Å². The number of aromatic hydroxyl groups is 2. The van der Waals surface area contributed by atoms with E-state index in [0.717, 1.165) is 11.1 Å². The van der Waals surface area contributed by atoms with Gasteiger partial charge in [0.15, 0.2) is 5.78 Å². The standard InChI is InChI=1S/C21H22O5/c1-12(2)4-9-15-17(25-3)10-18-19(20(15)23)21(24)16(11-26-18)13-5-7-14(22)8-6-13/h4-8,10,16,22-23H,9,11H2,1-3H3/t16-/m0/s1. The number of methoxy groups -OCH3 is 1. The van der Waals surface area contributed by atoms with Gasteiger partial charge in [-0.3, -0.25) is 4.79 Å². The van der Waals surface area contributed by atoms with E-state index in [-0.39, 0.29) is 29.5 Å². The van der Waals surface area contributed by atoms with Crippen LogP contribution in [0.1, 0.15) is 41.3 Å². The van der Waals surface area contributed by atoms with Gasteiger partial charge in [-0.1, -0.05) is 23.8 Å². The van der Waals surface area contributed by atoms with Crippen molar-refractivity contribution in [1.29, 1.82) is 0 Å². The highest BCUT2D eigenvalue weighted by Gasteiger charge is 2.34. The first-order valence-electron chi connectivity index (χ1n) is 8.44. The Labute approximate surface area is 152 Å². The first-order valence-corrected chi connectivity index (χ1v) is 8.44. The van der Waals surface area contributed by atoms with E-state index in [1.165, 1.54) is 19.2 Å². The van der Waals surface area contributed by atoms with Crippen LogP contribution in [0, 0.1) is 0 Å². The molecule has 2 aromatic rings. The zero-order valence-corrected chi connectivity index (χ0v) is 15.1. The normalized spacial score (nSPS) is 15.8. The van der Waals surface area contributed by atoms with E-state index in [9.17, 15) is 15.0 Å². The fourth-order valence-corrected chi connectivity index (χ4v) is 3.08.